The van der Waals surface area contributed by atoms with Crippen molar-refractivity contribution in [3.05, 3.63) is 12.2 Å². The van der Waals surface area contributed by atoms with Gasteiger partial charge in [0, 0.05) is 16.7 Å². The Bertz CT molecular complexity index is 451. The summed E-state index contributed by atoms with van der Waals surface area (Å²) < 4.78 is 5.83. The first kappa shape index (κ1) is 14.4. The number of halogens is 2. The van der Waals surface area contributed by atoms with Gasteiger partial charge in [0.05, 0.1) is 6.10 Å². The molecule has 0 radical (unpaired) electrons. The smallest absolute Gasteiger partial charge is 0.172 e. The minimum atomic E-state index is -0.527. The number of alkyl halides is 2. The SMILES string of the molecule is C=C1C[C@H](O)[C@H](Br)C(C)(C)[C@@]12CC[C@]1(C)O[C@@]1(Cl)C2. The molecular weight excluding hydrogens is 328 g/mol. The summed E-state index contributed by atoms with van der Waals surface area (Å²) in [6.45, 7) is 10.8. The van der Waals surface area contributed by atoms with Crippen molar-refractivity contribution in [2.75, 3.05) is 0 Å². The molecule has 0 amide bonds. The molecule has 3 aliphatic rings. The van der Waals surface area contributed by atoms with Gasteiger partial charge >= 0.3 is 0 Å². The van der Waals surface area contributed by atoms with Gasteiger partial charge in [-0.15, -0.1) is 0 Å². The van der Waals surface area contributed by atoms with Crippen LogP contribution >= 0.6 is 27.5 Å². The fourth-order valence-corrected chi connectivity index (χ4v) is 5.44. The molecule has 0 unspecified atom stereocenters. The van der Waals surface area contributed by atoms with Crippen molar-refractivity contribution < 1.29 is 9.84 Å². The lowest BCUT2D eigenvalue weighted by Gasteiger charge is -2.58. The highest BCUT2D eigenvalue weighted by molar-refractivity contribution is 9.09. The molecule has 2 aliphatic carbocycles. The Morgan fingerprint density at radius 3 is 2.58 bits per heavy atom. The number of hydrogen-bond donors (Lipinski definition) is 1. The van der Waals surface area contributed by atoms with Gasteiger partial charge in [0.1, 0.15) is 5.60 Å². The van der Waals surface area contributed by atoms with E-state index < -0.39 is 5.06 Å². The van der Waals surface area contributed by atoms with Crippen LogP contribution in [-0.2, 0) is 4.74 Å². The molecule has 0 aromatic rings. The van der Waals surface area contributed by atoms with Crippen molar-refractivity contribution >= 4 is 27.5 Å². The van der Waals surface area contributed by atoms with Crippen LogP contribution in [0.1, 0.15) is 46.5 Å². The van der Waals surface area contributed by atoms with E-state index in [1.165, 1.54) is 0 Å². The molecule has 0 aromatic heterocycles. The Morgan fingerprint density at radius 1 is 1.37 bits per heavy atom. The lowest BCUT2D eigenvalue weighted by molar-refractivity contribution is -0.0167. The Morgan fingerprint density at radius 2 is 2.00 bits per heavy atom. The fourth-order valence-electron chi connectivity index (χ4n) is 4.32. The first-order valence-electron chi connectivity index (χ1n) is 6.98. The molecule has 3 rings (SSSR count). The molecule has 108 valence electrons. The van der Waals surface area contributed by atoms with Crippen molar-refractivity contribution in [1.82, 2.24) is 0 Å². The highest BCUT2D eigenvalue weighted by Gasteiger charge is 2.74. The third-order valence-corrected chi connectivity index (χ3v) is 8.45. The Kier molecular flexibility index (Phi) is 2.87. The Balaban J connectivity index is 2.00. The molecule has 3 fully saturated rings. The van der Waals surface area contributed by atoms with Crippen LogP contribution in [-0.4, -0.2) is 26.7 Å². The van der Waals surface area contributed by atoms with Crippen LogP contribution in [0, 0.1) is 10.8 Å². The maximum absolute atomic E-state index is 10.2. The number of epoxide rings is 1. The summed E-state index contributed by atoms with van der Waals surface area (Å²) in [5.41, 5.74) is 0.849. The monoisotopic (exact) mass is 348 g/mol. The van der Waals surface area contributed by atoms with Crippen LogP contribution in [0.4, 0.5) is 0 Å². The first-order valence-corrected chi connectivity index (χ1v) is 8.27. The first-order chi connectivity index (χ1) is 8.58. The summed E-state index contributed by atoms with van der Waals surface area (Å²) in [6.07, 6.45) is 3.10. The molecule has 2 saturated carbocycles. The molecule has 1 heterocycles. The van der Waals surface area contributed by atoms with Crippen LogP contribution in [0.15, 0.2) is 12.2 Å². The van der Waals surface area contributed by atoms with E-state index in [-0.39, 0.29) is 27.4 Å². The number of aliphatic hydroxyl groups excluding tert-OH is 1. The standard InChI is InChI=1S/C15H22BrClO2/c1-9-7-10(18)11(16)12(2,3)14(9)6-5-13(4)15(17,8-14)19-13/h10-11,18H,1,5-8H2,2-4H3/t10-,11-,13-,14+,15-/m0/s1. The maximum Gasteiger partial charge on any atom is 0.172 e. The van der Waals surface area contributed by atoms with E-state index in [1.807, 2.05) is 0 Å². The van der Waals surface area contributed by atoms with Gasteiger partial charge in [-0.3, -0.25) is 0 Å². The van der Waals surface area contributed by atoms with Gasteiger partial charge in [0.25, 0.3) is 0 Å². The zero-order chi connectivity index (χ0) is 14.3. The molecule has 5 atom stereocenters. The maximum atomic E-state index is 10.2. The Hall–Kier alpha value is 0.430. The number of hydrogen-bond acceptors (Lipinski definition) is 2. The van der Waals surface area contributed by atoms with E-state index in [1.54, 1.807) is 0 Å². The largest absolute Gasteiger partial charge is 0.392 e. The van der Waals surface area contributed by atoms with Gasteiger partial charge < -0.3 is 9.84 Å². The van der Waals surface area contributed by atoms with Crippen LogP contribution < -0.4 is 0 Å². The second-order valence-electron chi connectivity index (χ2n) is 7.32. The van der Waals surface area contributed by atoms with E-state index >= 15 is 0 Å². The summed E-state index contributed by atoms with van der Waals surface area (Å²) in [6, 6.07) is 0. The summed E-state index contributed by atoms with van der Waals surface area (Å²) in [4.78, 5) is 0.0638. The van der Waals surface area contributed by atoms with Crippen LogP contribution in [0.25, 0.3) is 0 Å². The van der Waals surface area contributed by atoms with E-state index in [9.17, 15) is 5.11 Å². The van der Waals surface area contributed by atoms with Gasteiger partial charge in [0.2, 0.25) is 0 Å². The average Bonchev–Trinajstić information content (AvgIpc) is 2.87. The summed E-state index contributed by atoms with van der Waals surface area (Å²) in [5.74, 6) is 0. The molecule has 4 heteroatoms. The third kappa shape index (κ3) is 1.62. The highest BCUT2D eigenvalue weighted by Crippen LogP contribution is 2.71. The molecule has 1 N–H and O–H groups in total. The van der Waals surface area contributed by atoms with Crippen molar-refractivity contribution in [3.63, 3.8) is 0 Å². The molecular formula is C15H22BrClO2. The van der Waals surface area contributed by atoms with Crippen LogP contribution in [0.5, 0.6) is 0 Å². The number of fused-ring (bicyclic) bond motifs is 1. The topological polar surface area (TPSA) is 32.8 Å². The lowest BCUT2D eigenvalue weighted by Crippen LogP contribution is -2.56. The Labute approximate surface area is 128 Å². The summed E-state index contributed by atoms with van der Waals surface area (Å²) in [5, 5.41) is 9.69. The predicted molar refractivity (Wildman–Crippen MR) is 80.6 cm³/mol. The average molecular weight is 350 g/mol. The van der Waals surface area contributed by atoms with Crippen molar-refractivity contribution in [3.8, 4) is 0 Å². The van der Waals surface area contributed by atoms with Gasteiger partial charge in [-0.1, -0.05) is 53.5 Å². The van der Waals surface area contributed by atoms with Gasteiger partial charge in [-0.2, -0.15) is 0 Å². The lowest BCUT2D eigenvalue weighted by atomic mass is 9.49. The molecule has 1 spiro atoms. The molecule has 19 heavy (non-hydrogen) atoms. The van der Waals surface area contributed by atoms with Crippen LogP contribution in [0.2, 0.25) is 0 Å². The van der Waals surface area contributed by atoms with Crippen molar-refractivity contribution in [2.24, 2.45) is 10.8 Å². The van der Waals surface area contributed by atoms with Crippen molar-refractivity contribution in [2.45, 2.75) is 68.0 Å². The van der Waals surface area contributed by atoms with Crippen molar-refractivity contribution in [1.29, 1.82) is 0 Å². The normalized spacial score (nSPS) is 56.0. The second-order valence-corrected chi connectivity index (χ2v) is 8.92. The minimum absolute atomic E-state index is 0.0435. The quantitative estimate of drug-likeness (QED) is 0.407. The third-order valence-electron chi connectivity index (χ3n) is 6.09. The molecule has 2 nitrogen and oxygen atoms in total. The number of ether oxygens (including phenoxy) is 1. The predicted octanol–water partition coefficient (Wildman–Crippen LogP) is 3.99. The van der Waals surface area contributed by atoms with E-state index in [2.05, 4.69) is 43.3 Å². The molecule has 0 aromatic carbocycles. The van der Waals surface area contributed by atoms with E-state index in [0.29, 0.717) is 6.42 Å². The minimum Gasteiger partial charge on any atom is -0.392 e. The number of aliphatic hydroxyl groups is 1. The summed E-state index contributed by atoms with van der Waals surface area (Å²) >= 11 is 10.3. The zero-order valence-electron chi connectivity index (χ0n) is 11.8. The second kappa shape index (κ2) is 3.79. The fraction of sp³-hybridized carbons (Fsp3) is 0.867. The highest BCUT2D eigenvalue weighted by atomic mass is 79.9. The van der Waals surface area contributed by atoms with E-state index in [0.717, 1.165) is 24.8 Å². The molecule has 1 saturated heterocycles. The van der Waals surface area contributed by atoms with Crippen LogP contribution in [0.3, 0.4) is 0 Å². The summed E-state index contributed by atoms with van der Waals surface area (Å²) in [7, 11) is 0. The molecule has 1 aliphatic heterocycles. The van der Waals surface area contributed by atoms with E-state index in [4.69, 9.17) is 16.3 Å². The molecule has 0 bridgehead atoms. The van der Waals surface area contributed by atoms with Gasteiger partial charge in [-0.05, 0) is 31.6 Å². The number of rotatable bonds is 0. The zero-order valence-corrected chi connectivity index (χ0v) is 14.1. The van der Waals surface area contributed by atoms with Gasteiger partial charge in [0.15, 0.2) is 5.06 Å². The van der Waals surface area contributed by atoms with Gasteiger partial charge in [-0.25, -0.2) is 0 Å².